The van der Waals surface area contributed by atoms with Crippen molar-refractivity contribution >= 4 is 17.5 Å². The van der Waals surface area contributed by atoms with Crippen molar-refractivity contribution in [2.75, 3.05) is 24.5 Å². The van der Waals surface area contributed by atoms with E-state index in [4.69, 9.17) is 0 Å². The Bertz CT molecular complexity index is 710. The van der Waals surface area contributed by atoms with Crippen molar-refractivity contribution in [3.63, 3.8) is 0 Å². The van der Waals surface area contributed by atoms with Crippen molar-refractivity contribution in [1.29, 1.82) is 0 Å². The highest BCUT2D eigenvalue weighted by atomic mass is 16.2. The highest BCUT2D eigenvalue weighted by Crippen LogP contribution is 2.18. The topological polar surface area (TPSA) is 40.6 Å². The maximum Gasteiger partial charge on any atom is 0.254 e. The summed E-state index contributed by atoms with van der Waals surface area (Å²) in [6, 6.07) is 17.3. The molecule has 24 heavy (non-hydrogen) atoms. The lowest BCUT2D eigenvalue weighted by Crippen LogP contribution is -2.52. The van der Waals surface area contributed by atoms with E-state index in [1.165, 1.54) is 5.56 Å². The van der Waals surface area contributed by atoms with Gasteiger partial charge in [-0.2, -0.15) is 0 Å². The van der Waals surface area contributed by atoms with Gasteiger partial charge in [-0.25, -0.2) is 0 Å². The summed E-state index contributed by atoms with van der Waals surface area (Å²) in [5, 5.41) is 0. The van der Waals surface area contributed by atoms with Gasteiger partial charge < -0.3 is 9.80 Å². The van der Waals surface area contributed by atoms with Crippen LogP contribution in [-0.4, -0.2) is 36.3 Å². The molecule has 0 atom stereocenters. The van der Waals surface area contributed by atoms with Crippen LogP contribution in [0.5, 0.6) is 0 Å². The third-order valence-corrected chi connectivity index (χ3v) is 4.32. The first-order valence-corrected chi connectivity index (χ1v) is 8.42. The number of hydrogen-bond donors (Lipinski definition) is 0. The molecule has 124 valence electrons. The first-order chi connectivity index (χ1) is 11.7. The Balaban J connectivity index is 1.66. The van der Waals surface area contributed by atoms with Crippen LogP contribution < -0.4 is 4.90 Å². The lowest BCUT2D eigenvalue weighted by Gasteiger charge is -2.34. The van der Waals surface area contributed by atoms with E-state index >= 15 is 0 Å². The Hall–Kier alpha value is -2.62. The fraction of sp³-hybridized carbons (Fsp3) is 0.300. The van der Waals surface area contributed by atoms with E-state index in [2.05, 4.69) is 6.92 Å². The summed E-state index contributed by atoms with van der Waals surface area (Å²) in [5.74, 6) is -0.109. The molecule has 0 aromatic heterocycles. The molecule has 0 spiro atoms. The quantitative estimate of drug-likeness (QED) is 0.868. The van der Waals surface area contributed by atoms with Crippen molar-refractivity contribution < 1.29 is 9.59 Å². The standard InChI is InChI=1S/C20H22N2O2/c1-2-6-16-9-11-17(12-10-16)20(24)21-13-14-22(19(23)15-21)18-7-4-3-5-8-18/h3-5,7-12H,2,6,13-15H2,1H3. The zero-order valence-electron chi connectivity index (χ0n) is 13.9. The van der Waals surface area contributed by atoms with Crippen molar-refractivity contribution in [3.8, 4) is 0 Å². The van der Waals surface area contributed by atoms with Gasteiger partial charge in [0.2, 0.25) is 5.91 Å². The number of carbonyl (C=O) groups excluding carboxylic acids is 2. The largest absolute Gasteiger partial charge is 0.328 e. The number of amides is 2. The van der Waals surface area contributed by atoms with Crippen LogP contribution in [0.3, 0.4) is 0 Å². The lowest BCUT2D eigenvalue weighted by atomic mass is 10.1. The molecular weight excluding hydrogens is 300 g/mol. The number of piperazine rings is 1. The molecular formula is C20H22N2O2. The number of rotatable bonds is 4. The third-order valence-electron chi connectivity index (χ3n) is 4.32. The van der Waals surface area contributed by atoms with E-state index in [-0.39, 0.29) is 18.4 Å². The number of para-hydroxylation sites is 1. The summed E-state index contributed by atoms with van der Waals surface area (Å²) in [6.07, 6.45) is 2.10. The normalized spacial score (nSPS) is 14.8. The van der Waals surface area contributed by atoms with Crippen molar-refractivity contribution in [2.24, 2.45) is 0 Å². The maximum atomic E-state index is 12.6. The third kappa shape index (κ3) is 3.48. The van der Waals surface area contributed by atoms with Gasteiger partial charge in [-0.15, -0.1) is 0 Å². The Kier molecular flexibility index (Phi) is 4.94. The number of hydrogen-bond acceptors (Lipinski definition) is 2. The van der Waals surface area contributed by atoms with Gasteiger partial charge in [0.25, 0.3) is 5.91 Å². The summed E-state index contributed by atoms with van der Waals surface area (Å²) in [5.41, 5.74) is 2.77. The summed E-state index contributed by atoms with van der Waals surface area (Å²) < 4.78 is 0. The zero-order valence-corrected chi connectivity index (χ0v) is 13.9. The molecule has 2 aromatic rings. The van der Waals surface area contributed by atoms with Crippen LogP contribution in [0.1, 0.15) is 29.3 Å². The van der Waals surface area contributed by atoms with E-state index in [0.29, 0.717) is 18.7 Å². The SMILES string of the molecule is CCCc1ccc(C(=O)N2CCN(c3ccccc3)C(=O)C2)cc1. The van der Waals surface area contributed by atoms with Crippen molar-refractivity contribution in [3.05, 3.63) is 65.7 Å². The minimum atomic E-state index is -0.0703. The van der Waals surface area contributed by atoms with Crippen LogP contribution in [-0.2, 0) is 11.2 Å². The summed E-state index contributed by atoms with van der Waals surface area (Å²) >= 11 is 0. The summed E-state index contributed by atoms with van der Waals surface area (Å²) in [7, 11) is 0. The number of carbonyl (C=O) groups is 2. The van der Waals surface area contributed by atoms with Crippen LogP contribution >= 0.6 is 0 Å². The van der Waals surface area contributed by atoms with Gasteiger partial charge in [0.15, 0.2) is 0 Å². The van der Waals surface area contributed by atoms with Crippen LogP contribution in [0.2, 0.25) is 0 Å². The van der Waals surface area contributed by atoms with Gasteiger partial charge in [-0.3, -0.25) is 9.59 Å². The van der Waals surface area contributed by atoms with E-state index in [0.717, 1.165) is 18.5 Å². The fourth-order valence-corrected chi connectivity index (χ4v) is 3.01. The molecule has 0 saturated carbocycles. The number of benzene rings is 2. The second-order valence-electron chi connectivity index (χ2n) is 6.05. The van der Waals surface area contributed by atoms with Crippen LogP contribution in [0.25, 0.3) is 0 Å². The second-order valence-corrected chi connectivity index (χ2v) is 6.05. The smallest absolute Gasteiger partial charge is 0.254 e. The molecule has 0 aliphatic carbocycles. The molecule has 4 heteroatoms. The highest BCUT2D eigenvalue weighted by molar-refractivity contribution is 6.01. The van der Waals surface area contributed by atoms with Gasteiger partial charge in [-0.05, 0) is 36.2 Å². The van der Waals surface area contributed by atoms with Gasteiger partial charge >= 0.3 is 0 Å². The van der Waals surface area contributed by atoms with Gasteiger partial charge in [0, 0.05) is 24.3 Å². The molecule has 0 N–H and O–H groups in total. The maximum absolute atomic E-state index is 12.6. The molecule has 4 nitrogen and oxygen atoms in total. The highest BCUT2D eigenvalue weighted by Gasteiger charge is 2.28. The molecule has 0 unspecified atom stereocenters. The van der Waals surface area contributed by atoms with Crippen molar-refractivity contribution in [2.45, 2.75) is 19.8 Å². The average molecular weight is 322 g/mol. The van der Waals surface area contributed by atoms with Crippen LogP contribution in [0.4, 0.5) is 5.69 Å². The predicted molar refractivity (Wildman–Crippen MR) is 95.1 cm³/mol. The summed E-state index contributed by atoms with van der Waals surface area (Å²) in [4.78, 5) is 28.4. The van der Waals surface area contributed by atoms with Gasteiger partial charge in [0.1, 0.15) is 6.54 Å². The van der Waals surface area contributed by atoms with Gasteiger partial charge in [-0.1, -0.05) is 43.7 Å². The van der Waals surface area contributed by atoms with E-state index < -0.39 is 0 Å². The van der Waals surface area contributed by atoms with E-state index in [9.17, 15) is 9.59 Å². The predicted octanol–water partition coefficient (Wildman–Crippen LogP) is 3.13. The first kappa shape index (κ1) is 16.2. The molecule has 1 aliphatic heterocycles. The Morgan fingerprint density at radius 2 is 1.71 bits per heavy atom. The number of nitrogens with zero attached hydrogens (tertiary/aromatic N) is 2. The molecule has 2 aromatic carbocycles. The van der Waals surface area contributed by atoms with Crippen molar-refractivity contribution in [1.82, 2.24) is 4.90 Å². The second kappa shape index (κ2) is 7.30. The monoisotopic (exact) mass is 322 g/mol. The Morgan fingerprint density at radius 3 is 2.33 bits per heavy atom. The van der Waals surface area contributed by atoms with E-state index in [1.807, 2.05) is 54.6 Å². The molecule has 0 radical (unpaired) electrons. The molecule has 1 saturated heterocycles. The van der Waals surface area contributed by atoms with Crippen LogP contribution in [0.15, 0.2) is 54.6 Å². The molecule has 0 bridgehead atoms. The minimum absolute atomic E-state index is 0.0385. The van der Waals surface area contributed by atoms with E-state index in [1.54, 1.807) is 9.80 Å². The number of anilines is 1. The summed E-state index contributed by atoms with van der Waals surface area (Å²) in [6.45, 7) is 3.35. The zero-order chi connectivity index (χ0) is 16.9. The lowest BCUT2D eigenvalue weighted by molar-refractivity contribution is -0.120. The fourth-order valence-electron chi connectivity index (χ4n) is 3.01. The molecule has 1 fully saturated rings. The Labute approximate surface area is 142 Å². The number of aryl methyl sites for hydroxylation is 1. The molecule has 2 amide bonds. The van der Waals surface area contributed by atoms with Gasteiger partial charge in [0.05, 0.1) is 0 Å². The minimum Gasteiger partial charge on any atom is -0.328 e. The first-order valence-electron chi connectivity index (χ1n) is 8.42. The molecule has 3 rings (SSSR count). The molecule has 1 heterocycles. The Morgan fingerprint density at radius 1 is 1.00 bits per heavy atom. The molecule has 1 aliphatic rings. The average Bonchev–Trinajstić information content (AvgIpc) is 2.63. The van der Waals surface area contributed by atoms with Crippen LogP contribution in [0, 0.1) is 0 Å².